The van der Waals surface area contributed by atoms with Gasteiger partial charge >= 0.3 is 0 Å². The van der Waals surface area contributed by atoms with Crippen molar-refractivity contribution >= 4 is 29.6 Å². The van der Waals surface area contributed by atoms with E-state index in [1.165, 1.54) is 43.6 Å². The molecule has 0 amide bonds. The molecule has 0 radical (unpaired) electrons. The third kappa shape index (κ3) is 2.69. The number of hydrogen-bond donors (Lipinski definition) is 0. The Morgan fingerprint density at radius 2 is 2.06 bits per heavy atom. The lowest BCUT2D eigenvalue weighted by Crippen LogP contribution is -2.16. The highest BCUT2D eigenvalue weighted by Crippen LogP contribution is 2.19. The first-order valence-corrected chi connectivity index (χ1v) is 6.68. The minimum Gasteiger partial charge on any atom is -0.276 e. The van der Waals surface area contributed by atoms with Crippen molar-refractivity contribution in [3.63, 3.8) is 0 Å². The van der Waals surface area contributed by atoms with E-state index in [1.807, 2.05) is 24.4 Å². The molecule has 3 rings (SSSR count). The normalized spacial score (nSPS) is 18.2. The minimum atomic E-state index is 0. The summed E-state index contributed by atoms with van der Waals surface area (Å²) in [6.07, 6.45) is 8.56. The Kier molecular flexibility index (Phi) is 4.18. The fourth-order valence-corrected chi connectivity index (χ4v) is 3.02. The smallest absolute Gasteiger partial charge is 0.208 e. The summed E-state index contributed by atoms with van der Waals surface area (Å²) in [6, 6.07) is 6.59. The van der Waals surface area contributed by atoms with Crippen molar-refractivity contribution < 1.29 is 0 Å². The number of aromatic nitrogens is 2. The molecule has 5 heteroatoms. The van der Waals surface area contributed by atoms with Crippen LogP contribution in [0.4, 0.5) is 0 Å². The molecule has 0 aliphatic heterocycles. The van der Waals surface area contributed by atoms with Gasteiger partial charge in [-0.05, 0) is 25.0 Å². The molecule has 1 saturated carbocycles. The molecule has 1 fully saturated rings. The molecule has 2 heterocycles. The molecule has 0 spiro atoms. The Hall–Kier alpha value is -0.870. The topological polar surface area (TPSA) is 29.7 Å². The second kappa shape index (κ2) is 5.65. The second-order valence-electron chi connectivity index (χ2n) is 4.31. The molecular formula is C12H16ClN3S. The van der Waals surface area contributed by atoms with E-state index in [0.29, 0.717) is 6.04 Å². The highest BCUT2D eigenvalue weighted by molar-refractivity contribution is 7.03. The van der Waals surface area contributed by atoms with E-state index in [1.54, 1.807) is 0 Å². The number of fused-ring (bicyclic) bond motifs is 1. The number of rotatable bonds is 1. The second-order valence-corrected chi connectivity index (χ2v) is 5.05. The Balaban J connectivity index is 0.00000108. The van der Waals surface area contributed by atoms with E-state index in [0.717, 1.165) is 10.4 Å². The molecule has 3 nitrogen and oxygen atoms in total. The number of nitrogens with zero attached hydrogens (tertiary/aromatic N) is 3. The van der Waals surface area contributed by atoms with E-state index in [2.05, 4.69) is 8.77 Å². The van der Waals surface area contributed by atoms with Crippen LogP contribution in [0.25, 0.3) is 5.65 Å². The first-order chi connectivity index (χ1) is 7.93. The fraction of sp³-hybridized carbons (Fsp3) is 0.500. The molecule has 0 atom stereocenters. The van der Waals surface area contributed by atoms with Crippen LogP contribution in [0.15, 0.2) is 29.4 Å². The first-order valence-electron chi connectivity index (χ1n) is 5.90. The van der Waals surface area contributed by atoms with Gasteiger partial charge in [0.25, 0.3) is 0 Å². The van der Waals surface area contributed by atoms with E-state index < -0.39 is 0 Å². The number of hydrogen-bond acceptors (Lipinski definition) is 3. The molecular weight excluding hydrogens is 254 g/mol. The molecule has 1 aliphatic rings. The molecule has 17 heavy (non-hydrogen) atoms. The standard InChI is InChI=1S/C12H15N3S.ClH/c1-2-6-10(7-3-1)13-12-15-9-5-4-8-11(15)14-16-12;/h4-5,8-10H,1-3,6-7H2;1H. The highest BCUT2D eigenvalue weighted by atomic mass is 35.5. The summed E-state index contributed by atoms with van der Waals surface area (Å²) < 4.78 is 6.48. The lowest BCUT2D eigenvalue weighted by molar-refractivity contribution is 0.436. The van der Waals surface area contributed by atoms with Crippen LogP contribution in [0.5, 0.6) is 0 Å². The van der Waals surface area contributed by atoms with Crippen LogP contribution < -0.4 is 4.80 Å². The molecule has 0 N–H and O–H groups in total. The molecule has 2 aromatic rings. The monoisotopic (exact) mass is 269 g/mol. The Morgan fingerprint density at radius 3 is 2.88 bits per heavy atom. The van der Waals surface area contributed by atoms with Crippen LogP contribution in [0.2, 0.25) is 0 Å². The summed E-state index contributed by atoms with van der Waals surface area (Å²) >= 11 is 1.50. The van der Waals surface area contributed by atoms with Crippen molar-refractivity contribution in [2.75, 3.05) is 0 Å². The fourth-order valence-electron chi connectivity index (χ4n) is 2.25. The summed E-state index contributed by atoms with van der Waals surface area (Å²) in [6.45, 7) is 0. The Labute approximate surface area is 111 Å². The maximum absolute atomic E-state index is 4.83. The highest BCUT2D eigenvalue weighted by Gasteiger charge is 2.12. The molecule has 1 aliphatic carbocycles. The summed E-state index contributed by atoms with van der Waals surface area (Å²) in [4.78, 5) is 5.87. The average Bonchev–Trinajstić information content (AvgIpc) is 2.74. The molecule has 0 bridgehead atoms. The number of halogens is 1. The van der Waals surface area contributed by atoms with E-state index in [4.69, 9.17) is 4.99 Å². The summed E-state index contributed by atoms with van der Waals surface area (Å²) in [5.74, 6) is 0. The van der Waals surface area contributed by atoms with E-state index in [-0.39, 0.29) is 12.4 Å². The summed E-state index contributed by atoms with van der Waals surface area (Å²) in [5.41, 5.74) is 1.00. The van der Waals surface area contributed by atoms with Gasteiger partial charge in [0.2, 0.25) is 4.80 Å². The van der Waals surface area contributed by atoms with Gasteiger partial charge in [-0.3, -0.25) is 9.39 Å². The summed E-state index contributed by atoms with van der Waals surface area (Å²) in [5, 5.41) is 0. The van der Waals surface area contributed by atoms with Crippen molar-refractivity contribution in [3.8, 4) is 0 Å². The van der Waals surface area contributed by atoms with Gasteiger partial charge in [-0.1, -0.05) is 25.3 Å². The summed E-state index contributed by atoms with van der Waals surface area (Å²) in [7, 11) is 0. The first kappa shape index (κ1) is 12.6. The van der Waals surface area contributed by atoms with Gasteiger partial charge in [0, 0.05) is 17.7 Å². The Bertz CT molecular complexity index is 540. The molecule has 0 aromatic carbocycles. The van der Waals surface area contributed by atoms with Crippen LogP contribution in [-0.4, -0.2) is 14.8 Å². The zero-order valence-electron chi connectivity index (χ0n) is 9.58. The van der Waals surface area contributed by atoms with Crippen LogP contribution in [0, 0.1) is 0 Å². The van der Waals surface area contributed by atoms with Crippen molar-refractivity contribution in [2.24, 2.45) is 4.99 Å². The Morgan fingerprint density at radius 1 is 1.24 bits per heavy atom. The van der Waals surface area contributed by atoms with Gasteiger partial charge in [-0.15, -0.1) is 12.4 Å². The molecule has 0 unspecified atom stereocenters. The van der Waals surface area contributed by atoms with Gasteiger partial charge < -0.3 is 0 Å². The largest absolute Gasteiger partial charge is 0.276 e. The maximum atomic E-state index is 4.83. The third-order valence-corrected chi connectivity index (χ3v) is 3.88. The van der Waals surface area contributed by atoms with Gasteiger partial charge in [0.15, 0.2) is 5.65 Å². The third-order valence-electron chi connectivity index (χ3n) is 3.13. The van der Waals surface area contributed by atoms with Gasteiger partial charge in [0.05, 0.1) is 6.04 Å². The predicted molar refractivity (Wildman–Crippen MR) is 72.8 cm³/mol. The van der Waals surface area contributed by atoms with Gasteiger partial charge in [0.1, 0.15) is 0 Å². The van der Waals surface area contributed by atoms with Crippen molar-refractivity contribution in [1.29, 1.82) is 0 Å². The van der Waals surface area contributed by atoms with Crippen LogP contribution in [-0.2, 0) is 0 Å². The van der Waals surface area contributed by atoms with Crippen molar-refractivity contribution in [1.82, 2.24) is 8.77 Å². The SMILES string of the molecule is Cl.c1ccn2c(=NC3CCCCC3)snc2c1. The zero-order chi connectivity index (χ0) is 10.8. The van der Waals surface area contributed by atoms with Crippen LogP contribution in [0.1, 0.15) is 32.1 Å². The van der Waals surface area contributed by atoms with Crippen LogP contribution in [0.3, 0.4) is 0 Å². The van der Waals surface area contributed by atoms with Crippen molar-refractivity contribution in [2.45, 2.75) is 38.1 Å². The molecule has 2 aromatic heterocycles. The molecule has 0 saturated heterocycles. The lowest BCUT2D eigenvalue weighted by Gasteiger charge is -2.16. The van der Waals surface area contributed by atoms with Gasteiger partial charge in [-0.2, -0.15) is 4.37 Å². The zero-order valence-corrected chi connectivity index (χ0v) is 11.2. The lowest BCUT2D eigenvalue weighted by atomic mass is 9.96. The maximum Gasteiger partial charge on any atom is 0.208 e. The van der Waals surface area contributed by atoms with Gasteiger partial charge in [-0.25, -0.2) is 0 Å². The van der Waals surface area contributed by atoms with Crippen molar-refractivity contribution in [3.05, 3.63) is 29.2 Å². The quantitative estimate of drug-likeness (QED) is 0.782. The van der Waals surface area contributed by atoms with Crippen LogP contribution >= 0.6 is 23.9 Å². The van der Waals surface area contributed by atoms with E-state index in [9.17, 15) is 0 Å². The predicted octanol–water partition coefficient (Wildman–Crippen LogP) is 3.05. The average molecular weight is 270 g/mol. The minimum absolute atomic E-state index is 0. The number of pyridine rings is 1. The van der Waals surface area contributed by atoms with E-state index >= 15 is 0 Å². The molecule has 92 valence electrons.